The lowest BCUT2D eigenvalue weighted by Crippen LogP contribution is -2.63. The van der Waals surface area contributed by atoms with Gasteiger partial charge in [-0.3, -0.25) is 48.6 Å². The minimum atomic E-state index is -4.46. The van der Waals surface area contributed by atoms with Crippen molar-refractivity contribution in [3.8, 4) is 16.9 Å². The average molecular weight is 2040 g/mol. The van der Waals surface area contributed by atoms with Crippen LogP contribution in [-0.2, 0) is 99.2 Å². The molecule has 36 heteroatoms. The summed E-state index contributed by atoms with van der Waals surface area (Å²) in [5.41, 5.74) is 10.4. The molecule has 0 bridgehead atoms. The predicted octanol–water partition coefficient (Wildman–Crippen LogP) is 11.1. The van der Waals surface area contributed by atoms with Gasteiger partial charge in [0.25, 0.3) is 10.0 Å². The molecule has 16 N–H and O–H groups in total. The Kier molecular flexibility index (Phi) is 41.0. The maximum absolute atomic E-state index is 15.9. The first-order chi connectivity index (χ1) is 68.0. The number of carbonyl (C=O) groups excluding carboxylic acids is 10. The second-order valence-electron chi connectivity index (χ2n) is 42.0. The molecule has 0 saturated carbocycles. The van der Waals surface area contributed by atoms with E-state index in [0.717, 1.165) is 38.9 Å². The number of carboxylic acids is 1. The second kappa shape index (κ2) is 51.1. The Labute approximate surface area is 857 Å². The van der Waals surface area contributed by atoms with E-state index in [9.17, 15) is 32.7 Å². The number of carbonyl (C=O) groups is 11. The Bertz CT molecular complexity index is 5630. The van der Waals surface area contributed by atoms with E-state index in [1.54, 1.807) is 155 Å². The zero-order valence-electron chi connectivity index (χ0n) is 87.5. The smallest absolute Gasteiger partial charge is 0.407 e. The molecule has 0 saturated heterocycles. The van der Waals surface area contributed by atoms with Crippen molar-refractivity contribution in [1.82, 2.24) is 63.2 Å². The number of sulfonamides is 1. The van der Waals surface area contributed by atoms with Gasteiger partial charge in [-0.1, -0.05) is 184 Å². The van der Waals surface area contributed by atoms with Gasteiger partial charge in [0.05, 0.1) is 63.5 Å². The van der Waals surface area contributed by atoms with E-state index in [4.69, 9.17) is 39.6 Å². The van der Waals surface area contributed by atoms with Crippen molar-refractivity contribution >= 4 is 93.0 Å². The molecule has 34 nitrogen and oxygen atoms in total. The van der Waals surface area contributed by atoms with Crippen molar-refractivity contribution in [1.29, 1.82) is 5.41 Å². The van der Waals surface area contributed by atoms with Crippen molar-refractivity contribution in [2.75, 3.05) is 38.6 Å². The molecule has 0 fully saturated rings. The van der Waals surface area contributed by atoms with Crippen molar-refractivity contribution in [2.45, 2.75) is 314 Å². The minimum absolute atomic E-state index is 0.0173. The highest BCUT2D eigenvalue weighted by Gasteiger charge is 2.46. The highest BCUT2D eigenvalue weighted by atomic mass is 32.2. The van der Waals surface area contributed by atoms with Gasteiger partial charge < -0.3 is 97.7 Å². The van der Waals surface area contributed by atoms with Crippen LogP contribution in [0.25, 0.3) is 11.1 Å². The van der Waals surface area contributed by atoms with Crippen molar-refractivity contribution < 1.29 is 94.7 Å². The van der Waals surface area contributed by atoms with Crippen LogP contribution in [0.1, 0.15) is 225 Å². The number of nitrogens with one attached hydrogen (secondary N) is 13. The molecule has 0 aromatic heterocycles. The molecule has 7 aromatic carbocycles. The third-order valence-electron chi connectivity index (χ3n) is 24.6. The van der Waals surface area contributed by atoms with Gasteiger partial charge in [0, 0.05) is 36.6 Å². The van der Waals surface area contributed by atoms with E-state index < -0.39 is 206 Å². The van der Waals surface area contributed by atoms with E-state index in [2.05, 4.69) is 63.2 Å². The molecule has 9 rings (SSSR count). The summed E-state index contributed by atoms with van der Waals surface area (Å²) in [6.45, 7) is 36.1. The Hall–Kier alpha value is -12.3. The monoisotopic (exact) mass is 2040 g/mol. The standard InChI is InChI=1S/C109H150N14O20S2/c1-64(2)87(119-100(132)90(70(8)142-107(18,19)20)122-103(135)138-61-80-77-52-37-35-50-75(77)76-51-36-38-53-78(76)80)97(129)116-83(58-71-42-27-23-28-43-71)95(127)120-89(69(7)141-106(15,16)17)99(131)117-84(62-139-104(9,10)11)93(125)113-60-86(124)114-81(55-41-57-112-102(111)123-145(136,137)92-66(4)65(3)91-79(67(92)5)59-108(21,22)143-91)94(126)118-85(96(128)121-88(68(6)140-105(12,13)14)98(130)115-82(101(133)134)54-39-40-56-110)63-144-109(72-44-29-24-30-45-72,73-46-31-25-32-47-73)74-48-33-26-34-49-74/h23-38,42-53,64,68-70,80-85,87-90H,39-41,54-63,110H2,1-22H3,(H,113,125)(H,114,124)(H,115,130)(H,116,129)(H,117,131)(H,118,126)(H,119,132)(H,120,127)(H,121,128)(H,122,135)(H,133,134)(H3,111,112,123)/t68-,69-,70-,81+,82+,83+,84+,85+,87+,88+,89+,90+/m1/s1. The van der Waals surface area contributed by atoms with Gasteiger partial charge in [-0.2, -0.15) is 0 Å². The van der Waals surface area contributed by atoms with Gasteiger partial charge in [-0.15, -0.1) is 11.8 Å². The Balaban J connectivity index is 1.01. The summed E-state index contributed by atoms with van der Waals surface area (Å²) in [4.78, 5) is 165. The number of alkyl carbamates (subject to hydrolysis) is 1. The van der Waals surface area contributed by atoms with Crippen molar-refractivity contribution in [2.24, 2.45) is 11.7 Å². The van der Waals surface area contributed by atoms with E-state index in [1.807, 2.05) is 153 Å². The van der Waals surface area contributed by atoms with Gasteiger partial charge in [-0.05, 0) is 244 Å². The zero-order valence-corrected chi connectivity index (χ0v) is 89.2. The van der Waals surface area contributed by atoms with Crippen molar-refractivity contribution in [3.63, 3.8) is 0 Å². The Morgan fingerprint density at radius 2 is 0.910 bits per heavy atom. The van der Waals surface area contributed by atoms with E-state index >= 15 is 33.6 Å². The first-order valence-corrected chi connectivity index (χ1v) is 51.9. The molecule has 2 aliphatic rings. The first kappa shape index (κ1) is 116. The third kappa shape index (κ3) is 33.4. The largest absolute Gasteiger partial charge is 0.487 e. The summed E-state index contributed by atoms with van der Waals surface area (Å²) in [6, 6.07) is 38.5. The number of fused-ring (bicyclic) bond motifs is 4. The lowest BCUT2D eigenvalue weighted by atomic mass is 9.84. The maximum atomic E-state index is 15.9. The summed E-state index contributed by atoms with van der Waals surface area (Å²) in [5, 5.41) is 49.7. The van der Waals surface area contributed by atoms with E-state index in [0.29, 0.717) is 52.8 Å². The first-order valence-electron chi connectivity index (χ1n) is 49.4. The van der Waals surface area contributed by atoms with Gasteiger partial charge in [0.15, 0.2) is 0 Å². The number of carboxylic acid groups (broad SMARTS) is 1. The lowest BCUT2D eigenvalue weighted by molar-refractivity contribution is -0.145. The topological polar surface area (TPSA) is 492 Å². The number of hydrogen-bond acceptors (Lipinski definition) is 22. The van der Waals surface area contributed by atoms with Crippen LogP contribution in [0.2, 0.25) is 0 Å². The van der Waals surface area contributed by atoms with Crippen LogP contribution in [0.15, 0.2) is 175 Å². The van der Waals surface area contributed by atoms with Crippen molar-refractivity contribution in [3.05, 3.63) is 225 Å². The highest BCUT2D eigenvalue weighted by Crippen LogP contribution is 2.50. The average Bonchev–Trinajstić information content (AvgIpc) is 1.67. The van der Waals surface area contributed by atoms with E-state index in [-0.39, 0.29) is 61.9 Å². The number of unbranched alkanes of at least 4 members (excludes halogenated alkanes) is 1. The van der Waals surface area contributed by atoms with Crippen LogP contribution in [0.3, 0.4) is 0 Å². The van der Waals surface area contributed by atoms with Crippen LogP contribution >= 0.6 is 11.8 Å². The maximum Gasteiger partial charge on any atom is 0.407 e. The fourth-order valence-electron chi connectivity index (χ4n) is 17.9. The molecule has 0 radical (unpaired) electrons. The SMILES string of the molecule is Cc1c(C)c(S(=O)(=O)NC(=N)NCCC[C@H](NC(=O)CNC(=O)[C@H](COC(C)(C)C)NC(=O)[C@@H](NC(=O)[C@H](Cc2ccccc2)NC(=O)[C@@H](NC(=O)[C@@H](NC(=O)OCC2c3ccccc3-c3ccccc32)[C@@H](C)OC(C)(C)C)C(C)C)[C@@H](C)OC(C)(C)C)C(=O)N[C@@H](CSC(c2ccccc2)(c2ccccc2)c2ccccc2)C(=O)N[C@H](C(=O)N[C@@H](CCCCN)C(=O)O)[C@@H](C)OC(C)(C)C)c(C)c2c1OC(C)(C)C2. The molecule has 145 heavy (non-hydrogen) atoms. The van der Waals surface area contributed by atoms with Gasteiger partial charge >= 0.3 is 12.1 Å². The van der Waals surface area contributed by atoms with Crippen LogP contribution < -0.4 is 73.7 Å². The third-order valence-corrected chi connectivity index (χ3v) is 27.9. The molecule has 7 aromatic rings. The van der Waals surface area contributed by atoms with Gasteiger partial charge in [0.1, 0.15) is 72.3 Å². The summed E-state index contributed by atoms with van der Waals surface area (Å²) in [5.74, 6) is -11.2. The number of nitrogens with two attached hydrogens (primary N) is 1. The summed E-state index contributed by atoms with van der Waals surface area (Å²) < 4.78 is 67.5. The van der Waals surface area contributed by atoms with Crippen LogP contribution in [0.4, 0.5) is 4.79 Å². The number of guanidine groups is 1. The molecule has 788 valence electrons. The Morgan fingerprint density at radius 1 is 0.483 bits per heavy atom. The number of ether oxygens (including phenoxy) is 6. The van der Waals surface area contributed by atoms with Crippen LogP contribution in [-0.4, -0.2) is 224 Å². The summed E-state index contributed by atoms with van der Waals surface area (Å²) in [6.07, 6.45) is -3.77. The van der Waals surface area contributed by atoms with Gasteiger partial charge in [-0.25, -0.2) is 22.7 Å². The molecule has 1 heterocycles. The van der Waals surface area contributed by atoms with Crippen LogP contribution in [0, 0.1) is 32.1 Å². The highest BCUT2D eigenvalue weighted by molar-refractivity contribution is 8.00. The number of benzene rings is 7. The fourth-order valence-corrected chi connectivity index (χ4v) is 20.9. The normalized spacial score (nSPS) is 15.5. The summed E-state index contributed by atoms with van der Waals surface area (Å²) >= 11 is 1.25. The summed E-state index contributed by atoms with van der Waals surface area (Å²) in [7, 11) is -4.46. The number of thioether (sulfide) groups is 1. The van der Waals surface area contributed by atoms with Crippen LogP contribution in [0.5, 0.6) is 5.75 Å². The molecular formula is C109H150N14O20S2. The predicted molar refractivity (Wildman–Crippen MR) is 559 cm³/mol. The fraction of sp³-hybridized carbons (Fsp3) is 0.505. The Morgan fingerprint density at radius 3 is 1.39 bits per heavy atom. The zero-order chi connectivity index (χ0) is 107. The molecular weight excluding hydrogens is 1890 g/mol. The lowest BCUT2D eigenvalue weighted by Gasteiger charge is -2.37. The minimum Gasteiger partial charge on any atom is -0.487 e. The molecule has 1 aliphatic carbocycles. The molecule has 0 spiro atoms. The number of rotatable bonds is 49. The number of amides is 10. The number of aliphatic carboxylic acids is 1. The number of hydrogen-bond donors (Lipinski definition) is 15. The molecule has 1 aliphatic heterocycles. The second-order valence-corrected chi connectivity index (χ2v) is 44.8. The van der Waals surface area contributed by atoms with E-state index in [1.165, 1.54) is 25.6 Å². The molecule has 0 unspecified atom stereocenters. The van der Waals surface area contributed by atoms with Gasteiger partial charge in [0.2, 0.25) is 59.1 Å². The molecule has 10 amide bonds. The quantitative estimate of drug-likeness (QED) is 0.00729. The molecule has 12 atom stereocenters.